The quantitative estimate of drug-likeness (QED) is 0.551. The number of hydrogen-bond acceptors (Lipinski definition) is 6. The molecule has 5 rings (SSSR count). The Hall–Kier alpha value is -4.05. The summed E-state index contributed by atoms with van der Waals surface area (Å²) in [6.07, 6.45) is -6.11. The predicted octanol–water partition coefficient (Wildman–Crippen LogP) is 4.47. The molecule has 0 spiro atoms. The van der Waals surface area contributed by atoms with Crippen molar-refractivity contribution in [2.75, 3.05) is 17.1 Å². The number of aromatic hydroxyl groups is 1. The number of phenolic OH excluding ortho intramolecular Hbond substituents is 1. The van der Waals surface area contributed by atoms with E-state index in [0.717, 1.165) is 12.1 Å². The van der Waals surface area contributed by atoms with E-state index in [2.05, 4.69) is 0 Å². The number of alkyl halides is 3. The lowest BCUT2D eigenvalue weighted by atomic mass is 9.90. The maximum Gasteiger partial charge on any atom is 0.418 e. The fourth-order valence-electron chi connectivity index (χ4n) is 4.58. The maximum absolute atomic E-state index is 13.7. The van der Waals surface area contributed by atoms with Gasteiger partial charge in [0.1, 0.15) is 5.92 Å². The Kier molecular flexibility index (Phi) is 5.40. The summed E-state index contributed by atoms with van der Waals surface area (Å²) in [6.45, 7) is 0. The largest absolute Gasteiger partial charge is 0.504 e. The van der Waals surface area contributed by atoms with E-state index in [1.165, 1.54) is 36.4 Å². The molecule has 0 radical (unpaired) electrons. The summed E-state index contributed by atoms with van der Waals surface area (Å²) < 4.78 is 46.2. The first-order valence-electron chi connectivity index (χ1n) is 10.6. The molecule has 7 nitrogen and oxygen atoms in total. The lowest BCUT2D eigenvalue weighted by molar-refractivity contribution is -0.137. The van der Waals surface area contributed by atoms with E-state index in [1.54, 1.807) is 36.4 Å². The van der Waals surface area contributed by atoms with E-state index in [9.17, 15) is 27.9 Å². The lowest BCUT2D eigenvalue weighted by Crippen LogP contribution is -2.38. The van der Waals surface area contributed by atoms with Gasteiger partial charge in [0, 0.05) is 0 Å². The van der Waals surface area contributed by atoms with Crippen LogP contribution in [0.2, 0.25) is 0 Å². The monoisotopic (exact) mass is 484 g/mol. The van der Waals surface area contributed by atoms with Crippen LogP contribution in [0.3, 0.4) is 0 Å². The number of carbonyl (C=O) groups is 2. The summed E-state index contributed by atoms with van der Waals surface area (Å²) in [7, 11) is 1.36. The molecule has 2 aliphatic heterocycles. The molecule has 2 saturated heterocycles. The van der Waals surface area contributed by atoms with Gasteiger partial charge < -0.3 is 9.84 Å². The average Bonchev–Trinajstić information content (AvgIpc) is 3.35. The van der Waals surface area contributed by atoms with Crippen molar-refractivity contribution in [3.8, 4) is 11.5 Å². The van der Waals surface area contributed by atoms with Gasteiger partial charge in [0.15, 0.2) is 17.6 Å². The predicted molar refractivity (Wildman–Crippen MR) is 119 cm³/mol. The number of carbonyl (C=O) groups excluding carboxylic acids is 2. The first-order chi connectivity index (χ1) is 16.7. The van der Waals surface area contributed by atoms with Gasteiger partial charge in [-0.2, -0.15) is 13.2 Å². The third-order valence-electron chi connectivity index (χ3n) is 6.12. The number of methoxy groups -OCH3 is 1. The summed E-state index contributed by atoms with van der Waals surface area (Å²) >= 11 is 0. The molecule has 3 aromatic rings. The first kappa shape index (κ1) is 22.7. The summed E-state index contributed by atoms with van der Waals surface area (Å²) in [6, 6.07) is 16.7. The molecule has 0 bridgehead atoms. The van der Waals surface area contributed by atoms with Crippen molar-refractivity contribution in [1.82, 2.24) is 0 Å². The Balaban J connectivity index is 1.62. The van der Waals surface area contributed by atoms with E-state index in [-0.39, 0.29) is 11.5 Å². The summed E-state index contributed by atoms with van der Waals surface area (Å²) in [5.74, 6) is -2.83. The molecule has 0 unspecified atom stereocenters. The van der Waals surface area contributed by atoms with Crippen molar-refractivity contribution in [1.29, 1.82) is 0 Å². The van der Waals surface area contributed by atoms with Gasteiger partial charge in [-0.3, -0.25) is 14.4 Å². The van der Waals surface area contributed by atoms with Crippen molar-refractivity contribution in [2.45, 2.75) is 18.3 Å². The topological polar surface area (TPSA) is 79.3 Å². The second-order valence-corrected chi connectivity index (χ2v) is 8.12. The van der Waals surface area contributed by atoms with Crippen LogP contribution in [-0.2, 0) is 20.6 Å². The molecule has 2 aliphatic rings. The van der Waals surface area contributed by atoms with Gasteiger partial charge in [-0.05, 0) is 42.0 Å². The minimum absolute atomic E-state index is 0.132. The second-order valence-electron chi connectivity index (χ2n) is 8.12. The normalized spacial score (nSPS) is 22.0. The molecule has 2 heterocycles. The number of benzene rings is 3. The highest BCUT2D eigenvalue weighted by molar-refractivity contribution is 6.24. The molecule has 1 N–H and O–H groups in total. The van der Waals surface area contributed by atoms with Crippen LogP contribution in [-0.4, -0.2) is 30.1 Å². The highest BCUT2D eigenvalue weighted by Gasteiger charge is 2.61. The van der Waals surface area contributed by atoms with Crippen LogP contribution < -0.4 is 14.7 Å². The number of hydroxylamine groups is 1. The van der Waals surface area contributed by atoms with Gasteiger partial charge in [-0.1, -0.05) is 36.4 Å². The molecular weight excluding hydrogens is 465 g/mol. The van der Waals surface area contributed by atoms with Crippen LogP contribution in [0.25, 0.3) is 0 Å². The average molecular weight is 484 g/mol. The molecule has 35 heavy (non-hydrogen) atoms. The van der Waals surface area contributed by atoms with Crippen molar-refractivity contribution in [3.05, 3.63) is 83.9 Å². The summed E-state index contributed by atoms with van der Waals surface area (Å²) in [4.78, 5) is 33.4. The van der Waals surface area contributed by atoms with Gasteiger partial charge in [0.2, 0.25) is 5.91 Å². The number of phenols is 1. The number of para-hydroxylation sites is 2. The fourth-order valence-corrected chi connectivity index (χ4v) is 4.58. The van der Waals surface area contributed by atoms with Crippen LogP contribution in [0, 0.1) is 5.92 Å². The SMILES string of the molecule is COc1cc([C@@H]2[C@H]3C(=O)N(c4ccccc4C(F)(F)F)C(=O)[C@@H]3ON2c2ccccc2)ccc1O. The molecular formula is C25H19F3N2O5. The molecule has 0 saturated carbocycles. The number of imide groups is 1. The first-order valence-corrected chi connectivity index (χ1v) is 10.6. The zero-order valence-electron chi connectivity index (χ0n) is 18.3. The van der Waals surface area contributed by atoms with Gasteiger partial charge in [0.25, 0.3) is 5.91 Å². The Bertz CT molecular complexity index is 1300. The van der Waals surface area contributed by atoms with E-state index < -0.39 is 47.3 Å². The van der Waals surface area contributed by atoms with Crippen molar-refractivity contribution in [2.24, 2.45) is 5.92 Å². The van der Waals surface area contributed by atoms with Gasteiger partial charge in [0.05, 0.1) is 30.1 Å². The summed E-state index contributed by atoms with van der Waals surface area (Å²) in [5.41, 5.74) is -0.615. The van der Waals surface area contributed by atoms with E-state index in [1.807, 2.05) is 0 Å². The zero-order valence-corrected chi connectivity index (χ0v) is 18.3. The van der Waals surface area contributed by atoms with Crippen LogP contribution in [0.1, 0.15) is 17.2 Å². The Morgan fingerprint density at radius 2 is 1.63 bits per heavy atom. The third-order valence-corrected chi connectivity index (χ3v) is 6.12. The summed E-state index contributed by atoms with van der Waals surface area (Å²) in [5, 5.41) is 11.4. The molecule has 180 valence electrons. The number of fused-ring (bicyclic) bond motifs is 1. The molecule has 3 aromatic carbocycles. The van der Waals surface area contributed by atoms with E-state index in [4.69, 9.17) is 9.57 Å². The van der Waals surface area contributed by atoms with Crippen LogP contribution >= 0.6 is 0 Å². The Morgan fingerprint density at radius 3 is 2.31 bits per heavy atom. The third kappa shape index (κ3) is 3.66. The lowest BCUT2D eigenvalue weighted by Gasteiger charge is -2.29. The van der Waals surface area contributed by atoms with Gasteiger partial charge >= 0.3 is 6.18 Å². The number of nitrogens with zero attached hydrogens (tertiary/aromatic N) is 2. The minimum atomic E-state index is -4.77. The fraction of sp³-hybridized carbons (Fsp3) is 0.200. The highest BCUT2D eigenvalue weighted by Crippen LogP contribution is 2.49. The minimum Gasteiger partial charge on any atom is -0.504 e. The molecule has 0 aromatic heterocycles. The van der Waals surface area contributed by atoms with Gasteiger partial charge in [-0.15, -0.1) is 0 Å². The maximum atomic E-state index is 13.7. The number of ether oxygens (including phenoxy) is 1. The van der Waals surface area contributed by atoms with E-state index in [0.29, 0.717) is 16.2 Å². The van der Waals surface area contributed by atoms with Crippen LogP contribution in [0.5, 0.6) is 11.5 Å². The Morgan fingerprint density at radius 1 is 0.943 bits per heavy atom. The van der Waals surface area contributed by atoms with Crippen molar-refractivity contribution < 1.29 is 37.4 Å². The number of rotatable bonds is 4. The highest BCUT2D eigenvalue weighted by atomic mass is 19.4. The molecule has 3 atom stereocenters. The van der Waals surface area contributed by atoms with Crippen LogP contribution in [0.4, 0.5) is 24.5 Å². The number of hydrogen-bond donors (Lipinski definition) is 1. The van der Waals surface area contributed by atoms with Crippen LogP contribution in [0.15, 0.2) is 72.8 Å². The molecule has 10 heteroatoms. The van der Waals surface area contributed by atoms with E-state index >= 15 is 0 Å². The Labute approximate surface area is 197 Å². The van der Waals surface area contributed by atoms with Crippen molar-refractivity contribution in [3.63, 3.8) is 0 Å². The standard InChI is InChI=1S/C25H19F3N2O5/c1-34-19-13-14(11-12-18(19)31)21-20-22(35-30(21)15-7-3-2-4-8-15)24(33)29(23(20)32)17-10-6-5-9-16(17)25(26,27)28/h2-13,20-22,31H,1H3/t20-,21-,22-/m1/s1. The smallest absolute Gasteiger partial charge is 0.418 e. The number of amides is 2. The zero-order chi connectivity index (χ0) is 24.9. The van der Waals surface area contributed by atoms with Gasteiger partial charge in [-0.25, -0.2) is 9.96 Å². The van der Waals surface area contributed by atoms with Crippen molar-refractivity contribution >= 4 is 23.2 Å². The second kappa shape index (κ2) is 8.31. The number of anilines is 2. The molecule has 0 aliphatic carbocycles. The number of halogens is 3. The molecule has 2 fully saturated rings. The molecule has 2 amide bonds.